The molecule has 1 fully saturated rings. The van der Waals surface area contributed by atoms with Crippen molar-refractivity contribution in [3.05, 3.63) is 12.4 Å². The first-order chi connectivity index (χ1) is 8.70. The van der Waals surface area contributed by atoms with Gasteiger partial charge in [-0.15, -0.1) is 0 Å². The maximum absolute atomic E-state index is 12.1. The molecule has 0 amide bonds. The van der Waals surface area contributed by atoms with E-state index in [0.29, 0.717) is 6.42 Å². The largest absolute Gasteiger partial charge is 0.269 e. The monoisotopic (exact) mass is 307 g/mol. The van der Waals surface area contributed by atoms with E-state index in [9.17, 15) is 16.8 Å². The molecule has 1 N–H and O–H groups in total. The molecule has 19 heavy (non-hydrogen) atoms. The van der Waals surface area contributed by atoms with Crippen LogP contribution < -0.4 is 4.72 Å². The molecule has 1 aromatic heterocycles. The third-order valence-electron chi connectivity index (χ3n) is 2.97. The van der Waals surface area contributed by atoms with Gasteiger partial charge < -0.3 is 0 Å². The Bertz CT molecular complexity index is 661. The summed E-state index contributed by atoms with van der Waals surface area (Å²) >= 11 is 0. The molecule has 7 nitrogen and oxygen atoms in total. The molecule has 1 aliphatic heterocycles. The zero-order valence-corrected chi connectivity index (χ0v) is 12.4. The Morgan fingerprint density at radius 3 is 2.63 bits per heavy atom. The average Bonchev–Trinajstić information content (AvgIpc) is 2.84. The fourth-order valence-electron chi connectivity index (χ4n) is 1.92. The van der Waals surface area contributed by atoms with Crippen LogP contribution in [0.3, 0.4) is 0 Å². The summed E-state index contributed by atoms with van der Waals surface area (Å²) in [5.41, 5.74) is 0. The molecule has 1 atom stereocenters. The van der Waals surface area contributed by atoms with Crippen LogP contribution in [-0.4, -0.2) is 44.2 Å². The Hall–Kier alpha value is -0.930. The van der Waals surface area contributed by atoms with Crippen LogP contribution in [0.5, 0.6) is 0 Å². The van der Waals surface area contributed by atoms with E-state index in [1.165, 1.54) is 12.4 Å². The SMILES string of the molecule is CC(C)n1cc(S(=O)(=O)N[C@@H]2CCS(=O)(=O)C2)cn1. The summed E-state index contributed by atoms with van der Waals surface area (Å²) in [6.45, 7) is 3.78. The van der Waals surface area contributed by atoms with Crippen LogP contribution in [0, 0.1) is 0 Å². The maximum Gasteiger partial charge on any atom is 0.243 e. The number of sulfonamides is 1. The van der Waals surface area contributed by atoms with E-state index in [-0.39, 0.29) is 22.4 Å². The number of sulfone groups is 1. The molecule has 1 aliphatic rings. The number of nitrogens with one attached hydrogen (secondary N) is 1. The third-order valence-corrected chi connectivity index (χ3v) is 6.21. The highest BCUT2D eigenvalue weighted by Crippen LogP contribution is 2.16. The van der Waals surface area contributed by atoms with Crippen LogP contribution in [0.15, 0.2) is 17.3 Å². The molecule has 0 unspecified atom stereocenters. The van der Waals surface area contributed by atoms with Gasteiger partial charge in [0.05, 0.1) is 17.7 Å². The van der Waals surface area contributed by atoms with E-state index < -0.39 is 25.9 Å². The summed E-state index contributed by atoms with van der Waals surface area (Å²) in [6, 6.07) is -0.479. The van der Waals surface area contributed by atoms with Gasteiger partial charge in [-0.25, -0.2) is 21.6 Å². The summed E-state index contributed by atoms with van der Waals surface area (Å²) in [6.07, 6.45) is 3.03. The van der Waals surface area contributed by atoms with Crippen molar-refractivity contribution in [2.24, 2.45) is 0 Å². The lowest BCUT2D eigenvalue weighted by Crippen LogP contribution is -2.35. The van der Waals surface area contributed by atoms with Crippen molar-refractivity contribution >= 4 is 19.9 Å². The van der Waals surface area contributed by atoms with Gasteiger partial charge in [0.2, 0.25) is 10.0 Å². The van der Waals surface area contributed by atoms with Gasteiger partial charge in [-0.3, -0.25) is 4.68 Å². The predicted molar refractivity (Wildman–Crippen MR) is 70.0 cm³/mol. The molecule has 9 heteroatoms. The zero-order valence-electron chi connectivity index (χ0n) is 10.8. The average molecular weight is 307 g/mol. The minimum absolute atomic E-state index is 0.0332. The summed E-state index contributed by atoms with van der Waals surface area (Å²) in [5.74, 6) is -0.101. The molecular weight excluding hydrogens is 290 g/mol. The molecule has 0 aliphatic carbocycles. The minimum Gasteiger partial charge on any atom is -0.269 e. The second-order valence-corrected chi connectivity index (χ2v) is 8.91. The number of hydrogen-bond acceptors (Lipinski definition) is 5. The molecule has 0 aromatic carbocycles. The van der Waals surface area contributed by atoms with Gasteiger partial charge in [-0.2, -0.15) is 5.10 Å². The van der Waals surface area contributed by atoms with E-state index in [1.54, 1.807) is 4.68 Å². The fraction of sp³-hybridized carbons (Fsp3) is 0.700. The molecular formula is C10H17N3O4S2. The van der Waals surface area contributed by atoms with Gasteiger partial charge in [0.1, 0.15) is 4.90 Å². The quantitative estimate of drug-likeness (QED) is 0.839. The highest BCUT2D eigenvalue weighted by molar-refractivity contribution is 7.92. The first-order valence-electron chi connectivity index (χ1n) is 5.96. The van der Waals surface area contributed by atoms with Crippen molar-refractivity contribution in [1.29, 1.82) is 0 Å². The lowest BCUT2D eigenvalue weighted by Gasteiger charge is -2.10. The van der Waals surface area contributed by atoms with Crippen LogP contribution in [0.25, 0.3) is 0 Å². The minimum atomic E-state index is -3.70. The Morgan fingerprint density at radius 2 is 2.16 bits per heavy atom. The fourth-order valence-corrected chi connectivity index (χ4v) is 4.90. The van der Waals surface area contributed by atoms with E-state index in [4.69, 9.17) is 0 Å². The molecule has 1 aromatic rings. The standard InChI is InChI=1S/C10H17N3O4S2/c1-8(2)13-6-10(5-11-13)19(16,17)12-9-3-4-18(14,15)7-9/h5-6,8-9,12H,3-4,7H2,1-2H3/t9-/m1/s1. The molecule has 108 valence electrons. The zero-order chi connectivity index (χ0) is 14.3. The topological polar surface area (TPSA) is 98.1 Å². The number of nitrogens with zero attached hydrogens (tertiary/aromatic N) is 2. The smallest absolute Gasteiger partial charge is 0.243 e. The molecule has 0 spiro atoms. The van der Waals surface area contributed by atoms with Gasteiger partial charge >= 0.3 is 0 Å². The summed E-state index contributed by atoms with van der Waals surface area (Å²) in [5, 5.41) is 3.96. The van der Waals surface area contributed by atoms with E-state index in [1.807, 2.05) is 13.8 Å². The molecule has 2 rings (SSSR count). The lowest BCUT2D eigenvalue weighted by molar-refractivity contribution is 0.530. The lowest BCUT2D eigenvalue weighted by atomic mass is 10.3. The normalized spacial score (nSPS) is 23.0. The van der Waals surface area contributed by atoms with Crippen LogP contribution in [0.2, 0.25) is 0 Å². The van der Waals surface area contributed by atoms with Crippen molar-refractivity contribution in [3.8, 4) is 0 Å². The number of rotatable bonds is 4. The maximum atomic E-state index is 12.1. The predicted octanol–water partition coefficient (Wildman–Crippen LogP) is -0.0706. The second-order valence-electron chi connectivity index (χ2n) is 4.97. The number of aromatic nitrogens is 2. The van der Waals surface area contributed by atoms with Crippen LogP contribution >= 0.6 is 0 Å². The third kappa shape index (κ3) is 3.34. The Kier molecular flexibility index (Phi) is 3.72. The Morgan fingerprint density at radius 1 is 1.47 bits per heavy atom. The summed E-state index contributed by atoms with van der Waals surface area (Å²) in [7, 11) is -6.81. The van der Waals surface area contributed by atoms with Gasteiger partial charge in [0.15, 0.2) is 9.84 Å². The second kappa shape index (κ2) is 4.88. The highest BCUT2D eigenvalue weighted by Gasteiger charge is 2.31. The molecule has 0 radical (unpaired) electrons. The molecule has 0 bridgehead atoms. The van der Waals surface area contributed by atoms with Crippen LogP contribution in [0.1, 0.15) is 26.3 Å². The van der Waals surface area contributed by atoms with Crippen molar-refractivity contribution < 1.29 is 16.8 Å². The van der Waals surface area contributed by atoms with Crippen molar-refractivity contribution in [1.82, 2.24) is 14.5 Å². The number of hydrogen-bond donors (Lipinski definition) is 1. The first-order valence-corrected chi connectivity index (χ1v) is 9.27. The van der Waals surface area contributed by atoms with E-state index in [0.717, 1.165) is 0 Å². The van der Waals surface area contributed by atoms with E-state index in [2.05, 4.69) is 9.82 Å². The Balaban J connectivity index is 2.14. The van der Waals surface area contributed by atoms with Crippen molar-refractivity contribution in [2.75, 3.05) is 11.5 Å². The molecule has 0 saturated carbocycles. The molecule has 2 heterocycles. The van der Waals surface area contributed by atoms with Crippen molar-refractivity contribution in [2.45, 2.75) is 37.2 Å². The van der Waals surface area contributed by atoms with Crippen molar-refractivity contribution in [3.63, 3.8) is 0 Å². The summed E-state index contributed by atoms with van der Waals surface area (Å²) in [4.78, 5) is 0.0606. The first kappa shape index (κ1) is 14.5. The van der Waals surface area contributed by atoms with Gasteiger partial charge in [0, 0.05) is 18.3 Å². The van der Waals surface area contributed by atoms with Crippen LogP contribution in [0.4, 0.5) is 0 Å². The molecule has 1 saturated heterocycles. The van der Waals surface area contributed by atoms with Gasteiger partial charge in [-0.05, 0) is 20.3 Å². The van der Waals surface area contributed by atoms with E-state index >= 15 is 0 Å². The van der Waals surface area contributed by atoms with Gasteiger partial charge in [0.25, 0.3) is 0 Å². The highest BCUT2D eigenvalue weighted by atomic mass is 32.2. The Labute approximate surface area is 113 Å². The van der Waals surface area contributed by atoms with Crippen LogP contribution in [-0.2, 0) is 19.9 Å². The summed E-state index contributed by atoms with van der Waals surface area (Å²) < 4.78 is 50.7. The van der Waals surface area contributed by atoms with Gasteiger partial charge in [-0.1, -0.05) is 0 Å².